The van der Waals surface area contributed by atoms with Gasteiger partial charge in [0.2, 0.25) is 0 Å². The summed E-state index contributed by atoms with van der Waals surface area (Å²) >= 11 is 3.55. The van der Waals surface area contributed by atoms with E-state index < -0.39 is 0 Å². The SMILES string of the molecule is CCCNC(c1c(Br)nnn1C)C(C)(C)N1CCOCC1. The van der Waals surface area contributed by atoms with Crippen LogP contribution in [0, 0.1) is 0 Å². The van der Waals surface area contributed by atoms with Gasteiger partial charge < -0.3 is 10.1 Å². The molecule has 1 atom stereocenters. The Morgan fingerprint density at radius 2 is 2.05 bits per heavy atom. The molecule has 0 amide bonds. The highest BCUT2D eigenvalue weighted by Gasteiger charge is 2.39. The number of morpholine rings is 1. The van der Waals surface area contributed by atoms with E-state index >= 15 is 0 Å². The van der Waals surface area contributed by atoms with Crippen LogP contribution >= 0.6 is 15.9 Å². The van der Waals surface area contributed by atoms with Crippen LogP contribution in [0.25, 0.3) is 0 Å². The summed E-state index contributed by atoms with van der Waals surface area (Å²) in [6.45, 7) is 11.2. The molecule has 2 rings (SSSR count). The van der Waals surface area contributed by atoms with Gasteiger partial charge >= 0.3 is 0 Å². The van der Waals surface area contributed by atoms with Crippen LogP contribution in [0.5, 0.6) is 0 Å². The molecule has 1 aromatic heterocycles. The Kier molecular flexibility index (Phi) is 5.76. The van der Waals surface area contributed by atoms with E-state index in [4.69, 9.17) is 4.74 Å². The first kappa shape index (κ1) is 16.9. The number of halogens is 1. The lowest BCUT2D eigenvalue weighted by Crippen LogP contribution is -2.56. The van der Waals surface area contributed by atoms with Crippen molar-refractivity contribution in [3.05, 3.63) is 10.3 Å². The third-order valence-corrected chi connectivity index (χ3v) is 4.80. The molecule has 21 heavy (non-hydrogen) atoms. The molecule has 0 aromatic carbocycles. The second kappa shape index (κ2) is 7.17. The summed E-state index contributed by atoms with van der Waals surface area (Å²) in [6.07, 6.45) is 1.10. The van der Waals surface area contributed by atoms with Gasteiger partial charge in [0.05, 0.1) is 24.9 Å². The minimum atomic E-state index is -0.0447. The molecule has 7 heteroatoms. The number of nitrogens with one attached hydrogen (secondary N) is 1. The molecule has 1 N–H and O–H groups in total. The van der Waals surface area contributed by atoms with Gasteiger partial charge in [-0.25, -0.2) is 4.68 Å². The topological polar surface area (TPSA) is 55.2 Å². The number of hydrogen-bond donors (Lipinski definition) is 1. The lowest BCUT2D eigenvalue weighted by atomic mass is 9.89. The van der Waals surface area contributed by atoms with Crippen molar-refractivity contribution in [2.24, 2.45) is 7.05 Å². The van der Waals surface area contributed by atoms with Crippen molar-refractivity contribution in [1.82, 2.24) is 25.2 Å². The second-order valence-corrected chi connectivity index (χ2v) is 6.78. The normalized spacial score (nSPS) is 18.9. The Morgan fingerprint density at radius 1 is 1.38 bits per heavy atom. The van der Waals surface area contributed by atoms with Crippen LogP contribution in [0.4, 0.5) is 0 Å². The van der Waals surface area contributed by atoms with Crippen LogP contribution in [-0.4, -0.2) is 58.3 Å². The first-order valence-electron chi connectivity index (χ1n) is 7.59. The van der Waals surface area contributed by atoms with Crippen molar-refractivity contribution in [3.8, 4) is 0 Å². The molecule has 1 aromatic rings. The molecular weight excluding hydrogens is 334 g/mol. The van der Waals surface area contributed by atoms with E-state index in [0.29, 0.717) is 0 Å². The van der Waals surface area contributed by atoms with E-state index in [1.54, 1.807) is 0 Å². The van der Waals surface area contributed by atoms with Crippen molar-refractivity contribution < 1.29 is 4.74 Å². The smallest absolute Gasteiger partial charge is 0.153 e. The number of aryl methyl sites for hydroxylation is 1. The van der Waals surface area contributed by atoms with Crippen molar-refractivity contribution in [2.75, 3.05) is 32.8 Å². The van der Waals surface area contributed by atoms with Crippen molar-refractivity contribution >= 4 is 15.9 Å². The zero-order chi connectivity index (χ0) is 15.5. The molecule has 0 saturated carbocycles. The van der Waals surface area contributed by atoms with Crippen LogP contribution in [0.1, 0.15) is 38.9 Å². The van der Waals surface area contributed by atoms with E-state index in [1.165, 1.54) is 0 Å². The van der Waals surface area contributed by atoms with E-state index in [1.807, 2.05) is 11.7 Å². The predicted molar refractivity (Wildman–Crippen MR) is 86.2 cm³/mol. The number of nitrogens with zero attached hydrogens (tertiary/aromatic N) is 4. The quantitative estimate of drug-likeness (QED) is 0.838. The summed E-state index contributed by atoms with van der Waals surface area (Å²) in [5, 5.41) is 12.0. The zero-order valence-electron chi connectivity index (χ0n) is 13.4. The maximum Gasteiger partial charge on any atom is 0.153 e. The summed E-state index contributed by atoms with van der Waals surface area (Å²) in [5.74, 6) is 0. The van der Waals surface area contributed by atoms with E-state index in [9.17, 15) is 0 Å². The van der Waals surface area contributed by atoms with Crippen LogP contribution in [0.2, 0.25) is 0 Å². The molecule has 1 aliphatic heterocycles. The third kappa shape index (κ3) is 3.64. The van der Waals surface area contributed by atoms with Crippen LogP contribution in [0.15, 0.2) is 4.60 Å². The Hall–Kier alpha value is -0.500. The van der Waals surface area contributed by atoms with Crippen LogP contribution < -0.4 is 5.32 Å². The van der Waals surface area contributed by atoms with Gasteiger partial charge in [-0.05, 0) is 42.7 Å². The average molecular weight is 360 g/mol. The van der Waals surface area contributed by atoms with Gasteiger partial charge in [0.25, 0.3) is 0 Å². The maximum atomic E-state index is 5.49. The Morgan fingerprint density at radius 3 is 2.57 bits per heavy atom. The molecular formula is C14H26BrN5O. The molecule has 120 valence electrons. The Balaban J connectivity index is 2.29. The number of ether oxygens (including phenoxy) is 1. The highest BCUT2D eigenvalue weighted by atomic mass is 79.9. The summed E-state index contributed by atoms with van der Waals surface area (Å²) in [6, 6.07) is 0.157. The molecule has 2 heterocycles. The summed E-state index contributed by atoms with van der Waals surface area (Å²) in [4.78, 5) is 2.49. The first-order valence-corrected chi connectivity index (χ1v) is 8.39. The molecule has 0 radical (unpaired) electrons. The Bertz CT molecular complexity index is 437. The fourth-order valence-electron chi connectivity index (χ4n) is 2.94. The van der Waals surface area contributed by atoms with Crippen molar-refractivity contribution in [3.63, 3.8) is 0 Å². The van der Waals surface area contributed by atoms with Crippen LogP contribution in [0.3, 0.4) is 0 Å². The van der Waals surface area contributed by atoms with Crippen molar-refractivity contribution in [1.29, 1.82) is 0 Å². The molecule has 1 unspecified atom stereocenters. The van der Waals surface area contributed by atoms with E-state index in [0.717, 1.165) is 49.6 Å². The predicted octanol–water partition coefficient (Wildman–Crippen LogP) is 1.73. The molecule has 0 bridgehead atoms. The summed E-state index contributed by atoms with van der Waals surface area (Å²) in [7, 11) is 1.95. The van der Waals surface area contributed by atoms with Gasteiger partial charge in [0.1, 0.15) is 0 Å². The minimum Gasteiger partial charge on any atom is -0.379 e. The number of rotatable bonds is 6. The highest BCUT2D eigenvalue weighted by Crippen LogP contribution is 2.34. The standard InChI is InChI=1S/C14H26BrN5O/c1-5-6-16-12(11-13(15)17-18-19(11)4)14(2,3)20-7-9-21-10-8-20/h12,16H,5-10H2,1-4H3. The van der Waals surface area contributed by atoms with Gasteiger partial charge in [-0.2, -0.15) is 0 Å². The molecule has 1 aliphatic rings. The van der Waals surface area contributed by atoms with Crippen LogP contribution in [-0.2, 0) is 11.8 Å². The monoisotopic (exact) mass is 359 g/mol. The second-order valence-electron chi connectivity index (χ2n) is 6.03. The fourth-order valence-corrected chi connectivity index (χ4v) is 3.49. The fraction of sp³-hybridized carbons (Fsp3) is 0.857. The van der Waals surface area contributed by atoms with Gasteiger partial charge in [-0.3, -0.25) is 4.90 Å². The lowest BCUT2D eigenvalue weighted by molar-refractivity contribution is -0.0248. The average Bonchev–Trinajstić information content (AvgIpc) is 2.80. The number of hydrogen-bond acceptors (Lipinski definition) is 5. The summed E-state index contributed by atoms with van der Waals surface area (Å²) in [5.41, 5.74) is 1.05. The third-order valence-electron chi connectivity index (χ3n) is 4.23. The molecule has 0 aliphatic carbocycles. The zero-order valence-corrected chi connectivity index (χ0v) is 15.0. The molecule has 6 nitrogen and oxygen atoms in total. The minimum absolute atomic E-state index is 0.0447. The van der Waals surface area contributed by atoms with Gasteiger partial charge in [0, 0.05) is 25.7 Å². The highest BCUT2D eigenvalue weighted by molar-refractivity contribution is 9.10. The van der Waals surface area contributed by atoms with Gasteiger partial charge in [-0.15, -0.1) is 5.10 Å². The Labute approximate surface area is 135 Å². The molecule has 0 spiro atoms. The molecule has 1 fully saturated rings. The van der Waals surface area contributed by atoms with Gasteiger partial charge in [-0.1, -0.05) is 12.1 Å². The van der Waals surface area contributed by atoms with Crippen molar-refractivity contribution in [2.45, 2.75) is 38.8 Å². The molecule has 1 saturated heterocycles. The van der Waals surface area contributed by atoms with Gasteiger partial charge in [0.15, 0.2) is 4.60 Å². The van der Waals surface area contributed by atoms with E-state index in [2.05, 4.69) is 57.2 Å². The maximum absolute atomic E-state index is 5.49. The number of aromatic nitrogens is 3. The lowest BCUT2D eigenvalue weighted by Gasteiger charge is -2.46. The van der Waals surface area contributed by atoms with E-state index in [-0.39, 0.29) is 11.6 Å². The largest absolute Gasteiger partial charge is 0.379 e. The first-order chi connectivity index (χ1) is 9.98. The summed E-state index contributed by atoms with van der Waals surface area (Å²) < 4.78 is 8.17.